The second kappa shape index (κ2) is 10.9. The highest BCUT2D eigenvalue weighted by Gasteiger charge is 2.19. The lowest BCUT2D eigenvalue weighted by Crippen LogP contribution is -2.04. The summed E-state index contributed by atoms with van der Waals surface area (Å²) in [6.45, 7) is 1.54. The molecule has 0 saturated heterocycles. The molecule has 0 unspecified atom stereocenters. The van der Waals surface area contributed by atoms with Crippen LogP contribution in [0.15, 0.2) is 53.1 Å². The molecule has 0 amide bonds. The van der Waals surface area contributed by atoms with E-state index < -0.39 is 0 Å². The molecule has 3 N–H and O–H groups in total. The maximum atomic E-state index is 9.93. The van der Waals surface area contributed by atoms with Crippen molar-refractivity contribution in [2.75, 3.05) is 24.8 Å². The van der Waals surface area contributed by atoms with Crippen LogP contribution in [0.1, 0.15) is 22.3 Å². The minimum absolute atomic E-state index is 0.128. The lowest BCUT2D eigenvalue weighted by Gasteiger charge is -2.15. The standard InChI is InChI=1S/C24H21N11O2/c1-14-19(11-26)21(31-17-7-15(13-36)8-18(9-17)37-3)32-22(27-2)20(14)33-34-23-16(10-25)12-30-35(23)24-28-5-4-6-29-24/h4-9,12,36H,13H2,1-3H3,(H2,27,31,32). The predicted octanol–water partition coefficient (Wildman–Crippen LogP) is 3.81. The molecule has 184 valence electrons. The number of pyridine rings is 1. The summed E-state index contributed by atoms with van der Waals surface area (Å²) in [6.07, 6.45) is 4.43. The summed E-state index contributed by atoms with van der Waals surface area (Å²) >= 11 is 0. The molecule has 0 spiro atoms. The third-order valence-electron chi connectivity index (χ3n) is 5.26. The molecule has 3 aromatic heterocycles. The number of hydrogen-bond acceptors (Lipinski definition) is 12. The maximum Gasteiger partial charge on any atom is 0.252 e. The van der Waals surface area contributed by atoms with Gasteiger partial charge in [0, 0.05) is 36.8 Å². The molecular formula is C24H21N11O2. The van der Waals surface area contributed by atoms with E-state index in [0.29, 0.717) is 34.1 Å². The van der Waals surface area contributed by atoms with Crippen molar-refractivity contribution in [3.8, 4) is 23.8 Å². The smallest absolute Gasteiger partial charge is 0.252 e. The molecule has 37 heavy (non-hydrogen) atoms. The van der Waals surface area contributed by atoms with Crippen LogP contribution in [-0.2, 0) is 6.61 Å². The summed E-state index contributed by atoms with van der Waals surface area (Å²) in [5.74, 6) is 1.51. The van der Waals surface area contributed by atoms with Crippen molar-refractivity contribution in [1.29, 1.82) is 10.5 Å². The van der Waals surface area contributed by atoms with Gasteiger partial charge in [-0.25, -0.2) is 15.0 Å². The molecule has 0 aliphatic carbocycles. The van der Waals surface area contributed by atoms with Crippen molar-refractivity contribution >= 4 is 28.8 Å². The minimum Gasteiger partial charge on any atom is -0.497 e. The minimum atomic E-state index is -0.181. The van der Waals surface area contributed by atoms with Gasteiger partial charge in [0.25, 0.3) is 5.95 Å². The average molecular weight is 496 g/mol. The number of anilines is 3. The lowest BCUT2D eigenvalue weighted by atomic mass is 10.1. The van der Waals surface area contributed by atoms with E-state index in [4.69, 9.17) is 4.74 Å². The van der Waals surface area contributed by atoms with Gasteiger partial charge in [0.05, 0.1) is 25.5 Å². The van der Waals surface area contributed by atoms with Gasteiger partial charge in [-0.15, -0.1) is 10.2 Å². The van der Waals surface area contributed by atoms with Crippen LogP contribution in [0, 0.1) is 29.6 Å². The Bertz CT molecular complexity index is 1530. The molecular weight excluding hydrogens is 474 g/mol. The summed E-state index contributed by atoms with van der Waals surface area (Å²) < 4.78 is 6.59. The van der Waals surface area contributed by atoms with Crippen molar-refractivity contribution in [3.05, 3.63) is 65.1 Å². The number of azo groups is 1. The molecule has 0 aliphatic heterocycles. The number of aliphatic hydroxyl groups excluding tert-OH is 1. The topological polar surface area (TPSA) is 182 Å². The summed E-state index contributed by atoms with van der Waals surface area (Å²) in [5, 5.41) is 47.8. The number of hydrogen-bond donors (Lipinski definition) is 3. The second-order valence-electron chi connectivity index (χ2n) is 7.53. The van der Waals surface area contributed by atoms with Crippen molar-refractivity contribution in [3.63, 3.8) is 0 Å². The van der Waals surface area contributed by atoms with Gasteiger partial charge in [-0.1, -0.05) is 0 Å². The molecule has 0 aliphatic rings. The molecule has 0 saturated carbocycles. The zero-order chi connectivity index (χ0) is 26.4. The number of ether oxygens (including phenoxy) is 1. The van der Waals surface area contributed by atoms with Crippen LogP contribution in [0.5, 0.6) is 5.75 Å². The van der Waals surface area contributed by atoms with Crippen LogP contribution in [0.4, 0.5) is 28.8 Å². The highest BCUT2D eigenvalue weighted by Crippen LogP contribution is 2.36. The first-order valence-electron chi connectivity index (χ1n) is 10.9. The molecule has 1 aromatic carbocycles. The van der Waals surface area contributed by atoms with E-state index in [1.807, 2.05) is 6.07 Å². The first kappa shape index (κ1) is 24.7. The second-order valence-corrected chi connectivity index (χ2v) is 7.53. The highest BCUT2D eigenvalue weighted by molar-refractivity contribution is 5.77. The SMILES string of the molecule is CNc1nc(Nc2cc(CO)cc(OC)c2)c(C#N)c(C)c1N=Nc1c(C#N)cnn1-c1ncccn1. The van der Waals surface area contributed by atoms with E-state index in [0.717, 1.165) is 0 Å². The van der Waals surface area contributed by atoms with Crippen LogP contribution < -0.4 is 15.4 Å². The van der Waals surface area contributed by atoms with Gasteiger partial charge in [-0.2, -0.15) is 20.3 Å². The van der Waals surface area contributed by atoms with E-state index in [2.05, 4.69) is 47.0 Å². The number of benzene rings is 1. The van der Waals surface area contributed by atoms with E-state index in [9.17, 15) is 15.6 Å². The predicted molar refractivity (Wildman–Crippen MR) is 133 cm³/mol. The fourth-order valence-corrected chi connectivity index (χ4v) is 3.46. The average Bonchev–Trinajstić information content (AvgIpc) is 3.35. The fraction of sp³-hybridized carbons (Fsp3) is 0.167. The first-order valence-corrected chi connectivity index (χ1v) is 10.9. The van der Waals surface area contributed by atoms with Gasteiger partial charge in [0.15, 0.2) is 17.5 Å². The van der Waals surface area contributed by atoms with E-state index >= 15 is 0 Å². The van der Waals surface area contributed by atoms with Crippen LogP contribution >= 0.6 is 0 Å². The van der Waals surface area contributed by atoms with Crippen molar-refractivity contribution in [2.45, 2.75) is 13.5 Å². The van der Waals surface area contributed by atoms with E-state index in [1.54, 1.807) is 50.6 Å². The largest absolute Gasteiger partial charge is 0.497 e. The van der Waals surface area contributed by atoms with Gasteiger partial charge >= 0.3 is 0 Å². The number of methoxy groups -OCH3 is 1. The number of aliphatic hydroxyl groups is 1. The molecule has 3 heterocycles. The van der Waals surface area contributed by atoms with Crippen LogP contribution in [-0.4, -0.2) is 44.0 Å². The maximum absolute atomic E-state index is 9.93. The monoisotopic (exact) mass is 495 g/mol. The Hall–Kier alpha value is -5.40. The molecule has 13 nitrogen and oxygen atoms in total. The molecule has 0 atom stereocenters. The molecule has 0 bridgehead atoms. The van der Waals surface area contributed by atoms with Crippen molar-refractivity contribution < 1.29 is 9.84 Å². The fourth-order valence-electron chi connectivity index (χ4n) is 3.46. The number of nitrogens with one attached hydrogen (secondary N) is 2. The van der Waals surface area contributed by atoms with Gasteiger partial charge < -0.3 is 20.5 Å². The summed E-state index contributed by atoms with van der Waals surface area (Å²) in [4.78, 5) is 12.8. The zero-order valence-corrected chi connectivity index (χ0v) is 20.1. The molecule has 0 fully saturated rings. The Morgan fingerprint density at radius 3 is 2.54 bits per heavy atom. The van der Waals surface area contributed by atoms with Gasteiger partial charge in [0.1, 0.15) is 29.1 Å². The Kier molecular flexibility index (Phi) is 7.28. The molecule has 0 radical (unpaired) electrons. The Labute approximate surface area is 211 Å². The summed E-state index contributed by atoms with van der Waals surface area (Å²) in [7, 11) is 3.19. The van der Waals surface area contributed by atoms with Gasteiger partial charge in [-0.3, -0.25) is 0 Å². The van der Waals surface area contributed by atoms with Crippen molar-refractivity contribution in [1.82, 2.24) is 24.7 Å². The van der Waals surface area contributed by atoms with Crippen LogP contribution in [0.2, 0.25) is 0 Å². The molecule has 13 heteroatoms. The van der Waals surface area contributed by atoms with E-state index in [-0.39, 0.29) is 35.3 Å². The number of aromatic nitrogens is 5. The summed E-state index contributed by atoms with van der Waals surface area (Å²) in [6, 6.07) is 11.0. The summed E-state index contributed by atoms with van der Waals surface area (Å²) in [5.41, 5.74) is 2.42. The van der Waals surface area contributed by atoms with Gasteiger partial charge in [-0.05, 0) is 30.7 Å². The highest BCUT2D eigenvalue weighted by atomic mass is 16.5. The van der Waals surface area contributed by atoms with E-state index in [1.165, 1.54) is 18.0 Å². The number of nitriles is 2. The quantitative estimate of drug-likeness (QED) is 0.304. The Morgan fingerprint density at radius 1 is 1.11 bits per heavy atom. The number of rotatable bonds is 8. The van der Waals surface area contributed by atoms with Crippen LogP contribution in [0.25, 0.3) is 5.95 Å². The third kappa shape index (κ3) is 5.02. The first-order chi connectivity index (χ1) is 18.0. The van der Waals surface area contributed by atoms with Crippen LogP contribution in [0.3, 0.4) is 0 Å². The lowest BCUT2D eigenvalue weighted by molar-refractivity contribution is 0.281. The molecule has 4 aromatic rings. The third-order valence-corrected chi connectivity index (χ3v) is 5.26. The number of nitrogens with zero attached hydrogens (tertiary/aromatic N) is 9. The van der Waals surface area contributed by atoms with Gasteiger partial charge in [0.2, 0.25) is 0 Å². The Balaban J connectivity index is 1.78. The normalized spacial score (nSPS) is 10.6. The zero-order valence-electron chi connectivity index (χ0n) is 20.1. The molecule has 4 rings (SSSR count). The van der Waals surface area contributed by atoms with Crippen molar-refractivity contribution in [2.24, 2.45) is 10.2 Å². The Morgan fingerprint density at radius 2 is 1.89 bits per heavy atom.